The highest BCUT2D eigenvalue weighted by Crippen LogP contribution is 2.30. The zero-order valence-corrected chi connectivity index (χ0v) is 16.5. The van der Waals surface area contributed by atoms with Gasteiger partial charge in [0.25, 0.3) is 0 Å². The summed E-state index contributed by atoms with van der Waals surface area (Å²) >= 11 is 0. The first kappa shape index (κ1) is 20.9. The maximum atomic E-state index is 12.7. The van der Waals surface area contributed by atoms with E-state index in [0.29, 0.717) is 43.3 Å². The molecule has 0 atom stereocenters. The second kappa shape index (κ2) is 7.88. The number of piperazine rings is 1. The lowest BCUT2D eigenvalue weighted by Crippen LogP contribution is -2.50. The Morgan fingerprint density at radius 1 is 0.931 bits per heavy atom. The summed E-state index contributed by atoms with van der Waals surface area (Å²) in [6.45, 7) is 7.61. The molecule has 1 aromatic carbocycles. The standard InChI is InChI=1S/C20H23F3N4O2/c1-19(2,3)29-18(28)27-10-8-26(9-11-27)17-24-12-15(13-25-17)14-4-6-16(7-5-14)20(21,22)23/h4-7,12-13H,8-11H2,1-3H3. The Balaban J connectivity index is 1.61. The number of anilines is 1. The molecule has 1 aliphatic heterocycles. The molecule has 0 radical (unpaired) electrons. The van der Waals surface area contributed by atoms with Crippen LogP contribution in [0.1, 0.15) is 26.3 Å². The van der Waals surface area contributed by atoms with Crippen molar-refractivity contribution in [2.75, 3.05) is 31.1 Å². The highest BCUT2D eigenvalue weighted by molar-refractivity contribution is 5.68. The summed E-state index contributed by atoms with van der Waals surface area (Å²) in [5.41, 5.74) is 0.0154. The molecule has 0 N–H and O–H groups in total. The Morgan fingerprint density at radius 2 is 1.48 bits per heavy atom. The van der Waals surface area contributed by atoms with Gasteiger partial charge in [-0.2, -0.15) is 13.2 Å². The molecule has 0 aliphatic carbocycles. The van der Waals surface area contributed by atoms with E-state index in [2.05, 4.69) is 9.97 Å². The topological polar surface area (TPSA) is 58.6 Å². The van der Waals surface area contributed by atoms with Crippen LogP contribution in [0.15, 0.2) is 36.7 Å². The number of alkyl halides is 3. The van der Waals surface area contributed by atoms with Crippen LogP contribution in [0, 0.1) is 0 Å². The van der Waals surface area contributed by atoms with E-state index in [9.17, 15) is 18.0 Å². The summed E-state index contributed by atoms with van der Waals surface area (Å²) in [5.74, 6) is 0.518. The predicted octanol–water partition coefficient (Wildman–Crippen LogP) is 4.22. The van der Waals surface area contributed by atoms with Gasteiger partial charge in [0.05, 0.1) is 5.56 Å². The fraction of sp³-hybridized carbons (Fsp3) is 0.450. The molecule has 0 unspecified atom stereocenters. The van der Waals surface area contributed by atoms with Gasteiger partial charge in [0.2, 0.25) is 5.95 Å². The average Bonchev–Trinajstić information content (AvgIpc) is 2.66. The number of carbonyl (C=O) groups excluding carboxylic acids is 1. The number of hydrogen-bond acceptors (Lipinski definition) is 5. The van der Waals surface area contributed by atoms with Crippen molar-refractivity contribution >= 4 is 12.0 Å². The van der Waals surface area contributed by atoms with E-state index in [1.165, 1.54) is 12.1 Å². The van der Waals surface area contributed by atoms with Gasteiger partial charge < -0.3 is 14.5 Å². The number of hydrogen-bond donors (Lipinski definition) is 0. The lowest BCUT2D eigenvalue weighted by Gasteiger charge is -2.35. The van der Waals surface area contributed by atoms with Gasteiger partial charge in [0, 0.05) is 44.1 Å². The number of carbonyl (C=O) groups is 1. The molecule has 1 aliphatic rings. The number of rotatable bonds is 2. The summed E-state index contributed by atoms with van der Waals surface area (Å²) in [6.07, 6.45) is -1.52. The first-order valence-electron chi connectivity index (χ1n) is 9.25. The molecule has 2 aromatic rings. The molecule has 1 fully saturated rings. The largest absolute Gasteiger partial charge is 0.444 e. The van der Waals surface area contributed by atoms with Gasteiger partial charge in [-0.15, -0.1) is 0 Å². The first-order chi connectivity index (χ1) is 13.5. The molecule has 0 saturated carbocycles. The molecule has 1 saturated heterocycles. The molecular formula is C20H23F3N4O2. The minimum atomic E-state index is -4.36. The number of nitrogens with zero attached hydrogens (tertiary/aromatic N) is 4. The van der Waals surface area contributed by atoms with Crippen LogP contribution in [0.4, 0.5) is 23.9 Å². The Hall–Kier alpha value is -2.84. The van der Waals surface area contributed by atoms with Gasteiger partial charge in [-0.3, -0.25) is 0 Å². The summed E-state index contributed by atoms with van der Waals surface area (Å²) in [6, 6.07) is 4.89. The smallest absolute Gasteiger partial charge is 0.416 e. The van der Waals surface area contributed by atoms with Crippen molar-refractivity contribution in [3.8, 4) is 11.1 Å². The van der Waals surface area contributed by atoms with Crippen molar-refractivity contribution in [3.05, 3.63) is 42.2 Å². The van der Waals surface area contributed by atoms with Crippen molar-refractivity contribution in [3.63, 3.8) is 0 Å². The molecule has 0 bridgehead atoms. The van der Waals surface area contributed by atoms with E-state index in [1.807, 2.05) is 25.7 Å². The number of ether oxygens (including phenoxy) is 1. The molecule has 3 rings (SSSR count). The number of halogens is 3. The molecule has 0 spiro atoms. The third-order valence-electron chi connectivity index (χ3n) is 4.40. The summed E-state index contributed by atoms with van der Waals surface area (Å²) in [7, 11) is 0. The van der Waals surface area contributed by atoms with E-state index in [-0.39, 0.29) is 6.09 Å². The van der Waals surface area contributed by atoms with Gasteiger partial charge in [-0.05, 0) is 38.5 Å². The molecule has 1 amide bonds. The predicted molar refractivity (Wildman–Crippen MR) is 102 cm³/mol. The van der Waals surface area contributed by atoms with Crippen molar-refractivity contribution in [1.82, 2.24) is 14.9 Å². The van der Waals surface area contributed by atoms with Crippen LogP contribution in [0.3, 0.4) is 0 Å². The maximum absolute atomic E-state index is 12.7. The normalized spacial score (nSPS) is 15.4. The van der Waals surface area contributed by atoms with Crippen LogP contribution in [0.2, 0.25) is 0 Å². The second-order valence-corrected chi connectivity index (χ2v) is 7.80. The van der Waals surface area contributed by atoms with Gasteiger partial charge in [-0.1, -0.05) is 12.1 Å². The van der Waals surface area contributed by atoms with Crippen molar-refractivity contribution in [2.45, 2.75) is 32.5 Å². The summed E-state index contributed by atoms with van der Waals surface area (Å²) < 4.78 is 43.4. The Morgan fingerprint density at radius 3 is 1.97 bits per heavy atom. The zero-order chi connectivity index (χ0) is 21.2. The van der Waals surface area contributed by atoms with E-state index in [4.69, 9.17) is 4.74 Å². The number of benzene rings is 1. The minimum absolute atomic E-state index is 0.337. The molecule has 156 valence electrons. The first-order valence-corrected chi connectivity index (χ1v) is 9.25. The highest BCUT2D eigenvalue weighted by atomic mass is 19.4. The quantitative estimate of drug-likeness (QED) is 0.745. The molecule has 6 nitrogen and oxygen atoms in total. The summed E-state index contributed by atoms with van der Waals surface area (Å²) in [4.78, 5) is 24.4. The van der Waals surface area contributed by atoms with E-state index in [1.54, 1.807) is 17.3 Å². The number of amides is 1. The van der Waals surface area contributed by atoms with Crippen LogP contribution >= 0.6 is 0 Å². The van der Waals surface area contributed by atoms with E-state index < -0.39 is 17.3 Å². The molecule has 9 heteroatoms. The average molecular weight is 408 g/mol. The Kier molecular flexibility index (Phi) is 5.68. The van der Waals surface area contributed by atoms with Crippen molar-refractivity contribution in [1.29, 1.82) is 0 Å². The lowest BCUT2D eigenvalue weighted by atomic mass is 10.1. The Labute approximate surface area is 167 Å². The maximum Gasteiger partial charge on any atom is 0.416 e. The van der Waals surface area contributed by atoms with Crippen LogP contribution < -0.4 is 4.90 Å². The van der Waals surface area contributed by atoms with E-state index in [0.717, 1.165) is 12.1 Å². The molecule has 1 aromatic heterocycles. The van der Waals surface area contributed by atoms with Crippen LogP contribution in [-0.4, -0.2) is 52.7 Å². The third-order valence-corrected chi connectivity index (χ3v) is 4.40. The highest BCUT2D eigenvalue weighted by Gasteiger charge is 2.30. The van der Waals surface area contributed by atoms with Gasteiger partial charge in [0.15, 0.2) is 0 Å². The molecule has 2 heterocycles. The SMILES string of the molecule is CC(C)(C)OC(=O)N1CCN(c2ncc(-c3ccc(C(F)(F)F)cc3)cn2)CC1. The monoisotopic (exact) mass is 408 g/mol. The van der Waals surface area contributed by atoms with Crippen LogP contribution in [0.25, 0.3) is 11.1 Å². The minimum Gasteiger partial charge on any atom is -0.444 e. The van der Waals surface area contributed by atoms with Gasteiger partial charge >= 0.3 is 12.3 Å². The fourth-order valence-corrected chi connectivity index (χ4v) is 2.90. The zero-order valence-electron chi connectivity index (χ0n) is 16.5. The third kappa shape index (κ3) is 5.36. The Bertz CT molecular complexity index is 838. The van der Waals surface area contributed by atoms with Crippen molar-refractivity contribution < 1.29 is 22.7 Å². The lowest BCUT2D eigenvalue weighted by molar-refractivity contribution is -0.137. The summed E-state index contributed by atoms with van der Waals surface area (Å²) in [5, 5.41) is 0. The number of aromatic nitrogens is 2. The molecule has 29 heavy (non-hydrogen) atoms. The van der Waals surface area contributed by atoms with Crippen molar-refractivity contribution in [2.24, 2.45) is 0 Å². The van der Waals surface area contributed by atoms with Crippen LogP contribution in [-0.2, 0) is 10.9 Å². The van der Waals surface area contributed by atoms with Gasteiger partial charge in [0.1, 0.15) is 5.60 Å². The molecular weight excluding hydrogens is 385 g/mol. The van der Waals surface area contributed by atoms with E-state index >= 15 is 0 Å². The van der Waals surface area contributed by atoms with Gasteiger partial charge in [-0.25, -0.2) is 14.8 Å². The fourth-order valence-electron chi connectivity index (χ4n) is 2.90. The second-order valence-electron chi connectivity index (χ2n) is 7.80. The van der Waals surface area contributed by atoms with Crippen LogP contribution in [0.5, 0.6) is 0 Å².